The maximum atomic E-state index is 14.1. The number of allylic oxidation sites excluding steroid dienone is 1. The molecule has 1 atom stereocenters. The monoisotopic (exact) mass is 702 g/mol. The van der Waals surface area contributed by atoms with E-state index in [1.165, 1.54) is 16.9 Å². The van der Waals surface area contributed by atoms with Crippen LogP contribution in [0.5, 0.6) is 11.5 Å². The summed E-state index contributed by atoms with van der Waals surface area (Å²) in [5.41, 5.74) is 7.23. The third-order valence-corrected chi connectivity index (χ3v) is 9.98. The van der Waals surface area contributed by atoms with E-state index in [-0.39, 0.29) is 11.6 Å². The predicted molar refractivity (Wildman–Crippen MR) is 181 cm³/mol. The van der Waals surface area contributed by atoms with Gasteiger partial charge >= 0.3 is 0 Å². The molecule has 5 aromatic rings. The molecule has 2 aliphatic rings. The van der Waals surface area contributed by atoms with Crippen LogP contribution >= 0.6 is 50.5 Å². The van der Waals surface area contributed by atoms with Crippen LogP contribution in [0.3, 0.4) is 0 Å². The maximum absolute atomic E-state index is 14.1. The van der Waals surface area contributed by atoms with Gasteiger partial charge in [0.1, 0.15) is 6.61 Å². The number of fused-ring (bicyclic) bond motifs is 3. The second-order valence-electron chi connectivity index (χ2n) is 10.6. The molecule has 0 unspecified atom stereocenters. The normalized spacial score (nSPS) is 15.7. The average Bonchev–Trinajstić information content (AvgIpc) is 3.34. The van der Waals surface area contributed by atoms with Crippen molar-refractivity contribution in [3.8, 4) is 11.5 Å². The van der Waals surface area contributed by atoms with E-state index in [1.807, 2.05) is 77.4 Å². The third-order valence-electron chi connectivity index (χ3n) is 7.90. The highest BCUT2D eigenvalue weighted by molar-refractivity contribution is 9.10. The smallest absolute Gasteiger partial charge is 0.271 e. The van der Waals surface area contributed by atoms with Gasteiger partial charge in [0.2, 0.25) is 0 Å². The zero-order valence-electron chi connectivity index (χ0n) is 23.5. The van der Waals surface area contributed by atoms with Crippen molar-refractivity contribution in [3.63, 3.8) is 0 Å². The van der Waals surface area contributed by atoms with Crippen molar-refractivity contribution in [3.05, 3.63) is 153 Å². The summed E-state index contributed by atoms with van der Waals surface area (Å²) in [6, 6.07) is 27.2. The van der Waals surface area contributed by atoms with Crippen LogP contribution in [-0.4, -0.2) is 11.7 Å². The van der Waals surface area contributed by atoms with Gasteiger partial charge in [0.05, 0.1) is 27.9 Å². The molecule has 5 nitrogen and oxygen atoms in total. The molecule has 0 fully saturated rings. The van der Waals surface area contributed by atoms with E-state index in [0.29, 0.717) is 37.5 Å². The number of hydrogen-bond acceptors (Lipinski definition) is 5. The SMILES string of the molecule is COc1cc(/C=c2/sc3n(c2=O)[C@@H](c2ccc(Cl)cc2)C2=C(N=3)c3ccccc3CC2)cc(Br)c1OCc1ccc(Cl)cc1. The zero-order valence-corrected chi connectivity index (χ0v) is 27.4. The van der Waals surface area contributed by atoms with Crippen LogP contribution in [0.1, 0.15) is 40.3 Å². The fourth-order valence-corrected chi connectivity index (χ4v) is 7.65. The maximum Gasteiger partial charge on any atom is 0.271 e. The van der Waals surface area contributed by atoms with Crippen molar-refractivity contribution in [2.24, 2.45) is 4.99 Å². The number of thiazole rings is 1. The molecule has 7 rings (SSSR count). The fourth-order valence-electron chi connectivity index (χ4n) is 5.82. The summed E-state index contributed by atoms with van der Waals surface area (Å²) in [5.74, 6) is 1.13. The number of benzene rings is 4. The fraction of sp³-hybridized carbons (Fsp3) is 0.143. The first-order valence-electron chi connectivity index (χ1n) is 14.0. The summed E-state index contributed by atoms with van der Waals surface area (Å²) in [6.45, 7) is 0.350. The topological polar surface area (TPSA) is 52.8 Å². The molecule has 220 valence electrons. The van der Waals surface area contributed by atoms with Gasteiger partial charge in [-0.1, -0.05) is 83.1 Å². The van der Waals surface area contributed by atoms with Crippen molar-refractivity contribution < 1.29 is 9.47 Å². The van der Waals surface area contributed by atoms with Crippen molar-refractivity contribution in [2.45, 2.75) is 25.5 Å². The molecule has 1 aliphatic heterocycles. The minimum absolute atomic E-state index is 0.0859. The van der Waals surface area contributed by atoms with Gasteiger partial charge < -0.3 is 9.47 Å². The van der Waals surface area contributed by atoms with E-state index in [0.717, 1.165) is 50.8 Å². The van der Waals surface area contributed by atoms with E-state index in [4.69, 9.17) is 37.7 Å². The summed E-state index contributed by atoms with van der Waals surface area (Å²) in [5, 5.41) is 1.33. The number of nitrogens with zero attached hydrogens (tertiary/aromatic N) is 2. The molecule has 0 amide bonds. The van der Waals surface area contributed by atoms with Crippen molar-refractivity contribution in [1.82, 2.24) is 4.57 Å². The number of ether oxygens (including phenoxy) is 2. The Hall–Kier alpha value is -3.62. The number of aromatic nitrogens is 1. The molecular formula is C35H25BrCl2N2O3S. The first-order valence-corrected chi connectivity index (χ1v) is 16.4. The second-order valence-corrected chi connectivity index (χ2v) is 13.4. The number of halogens is 3. The van der Waals surface area contributed by atoms with Gasteiger partial charge in [0.25, 0.3) is 5.56 Å². The van der Waals surface area contributed by atoms with Crippen LogP contribution in [0.15, 0.2) is 105 Å². The molecule has 0 spiro atoms. The molecule has 1 aromatic heterocycles. The van der Waals surface area contributed by atoms with E-state index < -0.39 is 0 Å². The van der Waals surface area contributed by atoms with Crippen molar-refractivity contribution in [1.29, 1.82) is 0 Å². The molecule has 0 radical (unpaired) electrons. The highest BCUT2D eigenvalue weighted by atomic mass is 79.9. The van der Waals surface area contributed by atoms with Crippen molar-refractivity contribution in [2.75, 3.05) is 7.11 Å². The molecule has 4 aromatic carbocycles. The van der Waals surface area contributed by atoms with Crippen LogP contribution in [0, 0.1) is 0 Å². The minimum Gasteiger partial charge on any atom is -0.493 e. The number of methoxy groups -OCH3 is 1. The molecule has 0 bridgehead atoms. The highest BCUT2D eigenvalue weighted by Crippen LogP contribution is 2.41. The lowest BCUT2D eigenvalue weighted by atomic mass is 9.83. The van der Waals surface area contributed by atoms with Gasteiger partial charge in [-0.25, -0.2) is 4.99 Å². The van der Waals surface area contributed by atoms with Gasteiger partial charge in [0, 0.05) is 15.6 Å². The van der Waals surface area contributed by atoms with Gasteiger partial charge in [-0.15, -0.1) is 0 Å². The minimum atomic E-state index is -0.265. The van der Waals surface area contributed by atoms with Gasteiger partial charge in [-0.2, -0.15) is 0 Å². The Kier molecular flexibility index (Phi) is 7.97. The molecule has 2 heterocycles. The van der Waals surface area contributed by atoms with E-state index >= 15 is 0 Å². The molecule has 0 N–H and O–H groups in total. The second kappa shape index (κ2) is 12.1. The largest absolute Gasteiger partial charge is 0.493 e. The van der Waals surface area contributed by atoms with Gasteiger partial charge in [-0.05, 0) is 99.1 Å². The summed E-state index contributed by atoms with van der Waals surface area (Å²) in [6.07, 6.45) is 3.61. The molecule has 0 saturated heterocycles. The Labute approximate surface area is 276 Å². The lowest BCUT2D eigenvalue weighted by Gasteiger charge is -2.30. The molecule has 1 aliphatic carbocycles. The van der Waals surface area contributed by atoms with Crippen LogP contribution in [0.25, 0.3) is 11.8 Å². The Morgan fingerprint density at radius 2 is 1.73 bits per heavy atom. The van der Waals surface area contributed by atoms with E-state index in [9.17, 15) is 4.79 Å². The summed E-state index contributed by atoms with van der Waals surface area (Å²) < 4.78 is 14.9. The average molecular weight is 704 g/mol. The Morgan fingerprint density at radius 1 is 1.00 bits per heavy atom. The first kappa shape index (κ1) is 29.1. The first-order chi connectivity index (χ1) is 21.4. The third kappa shape index (κ3) is 5.43. The van der Waals surface area contributed by atoms with E-state index in [1.54, 1.807) is 7.11 Å². The summed E-state index contributed by atoms with van der Waals surface area (Å²) in [4.78, 5) is 19.9. The van der Waals surface area contributed by atoms with E-state index in [2.05, 4.69) is 34.1 Å². The number of hydrogen-bond donors (Lipinski definition) is 0. The predicted octanol–water partition coefficient (Wildman–Crippen LogP) is 7.98. The molecule has 9 heteroatoms. The quantitative estimate of drug-likeness (QED) is 0.180. The van der Waals surface area contributed by atoms with Crippen LogP contribution in [-0.2, 0) is 13.0 Å². The lowest BCUT2D eigenvalue weighted by molar-refractivity contribution is 0.282. The highest BCUT2D eigenvalue weighted by Gasteiger charge is 2.32. The lowest BCUT2D eigenvalue weighted by Crippen LogP contribution is -2.38. The Bertz CT molecular complexity index is 2120. The standard InChI is InChI=1S/C35H25BrCl2N2O3S/c1-42-29-17-21(16-28(36)33(29)43-19-20-6-11-24(37)12-7-20)18-30-34(41)40-32(23-8-13-25(38)14-9-23)27-15-10-22-4-2-3-5-26(22)31(27)39-35(40)44-30/h2-9,11-14,16-18,32H,10,15,19H2,1H3/b30-18+/t32-/m0/s1. The summed E-state index contributed by atoms with van der Waals surface area (Å²) in [7, 11) is 1.60. The van der Waals surface area contributed by atoms with Gasteiger partial charge in [-0.3, -0.25) is 9.36 Å². The zero-order chi connectivity index (χ0) is 30.4. The molecule has 0 saturated carbocycles. The molecular weight excluding hydrogens is 679 g/mol. The van der Waals surface area contributed by atoms with Crippen LogP contribution < -0.4 is 24.4 Å². The van der Waals surface area contributed by atoms with Gasteiger partial charge in [0.15, 0.2) is 16.3 Å². The summed E-state index contributed by atoms with van der Waals surface area (Å²) >= 11 is 17.3. The number of rotatable bonds is 6. The van der Waals surface area contributed by atoms with Crippen LogP contribution in [0.2, 0.25) is 10.0 Å². The number of aryl methyl sites for hydroxylation is 1. The Balaban J connectivity index is 1.32. The van der Waals surface area contributed by atoms with Crippen molar-refractivity contribution >= 4 is 62.2 Å². The Morgan fingerprint density at radius 3 is 2.48 bits per heavy atom. The molecule has 44 heavy (non-hydrogen) atoms. The van der Waals surface area contributed by atoms with Crippen LogP contribution in [0.4, 0.5) is 0 Å².